The number of nitrogens with zero attached hydrogens (tertiary/aromatic N) is 3. The van der Waals surface area contributed by atoms with Gasteiger partial charge in [-0.3, -0.25) is 9.59 Å². The van der Waals surface area contributed by atoms with Gasteiger partial charge in [-0.2, -0.15) is 5.26 Å². The minimum Gasteiger partial charge on any atom is -0.487 e. The van der Waals surface area contributed by atoms with Crippen LogP contribution < -0.4 is 26.6 Å². The number of nitrogens with two attached hydrogens (primary N) is 1. The van der Waals surface area contributed by atoms with E-state index < -0.39 is 18.0 Å². The van der Waals surface area contributed by atoms with E-state index in [1.807, 2.05) is 6.07 Å². The Labute approximate surface area is 229 Å². The molecule has 1 aliphatic heterocycles. The average molecular weight is 562 g/mol. The Kier molecular flexibility index (Phi) is 12.1. The van der Waals surface area contributed by atoms with Crippen molar-refractivity contribution in [2.45, 2.75) is 37.8 Å². The molecule has 0 radical (unpaired) electrons. The van der Waals surface area contributed by atoms with Crippen molar-refractivity contribution >= 4 is 35.1 Å². The van der Waals surface area contributed by atoms with Gasteiger partial charge in [0.15, 0.2) is 17.4 Å². The quantitative estimate of drug-likeness (QED) is 0.113. The molecular weight excluding hydrogens is 529 g/mol. The number of ether oxygens (including phenoxy) is 4. The number of carbonyl (C=O) groups is 2. The number of hydrogen-bond donors (Lipinski definition) is 5. The average Bonchev–Trinajstić information content (AvgIpc) is 2.97. The van der Waals surface area contributed by atoms with E-state index in [1.165, 1.54) is 12.3 Å². The van der Waals surface area contributed by atoms with E-state index in [9.17, 15) is 14.1 Å². The van der Waals surface area contributed by atoms with Gasteiger partial charge in [0.2, 0.25) is 0 Å². The Bertz CT molecular complexity index is 1160. The van der Waals surface area contributed by atoms with Crippen molar-refractivity contribution in [2.24, 2.45) is 5.73 Å². The van der Waals surface area contributed by atoms with Crippen LogP contribution in [0.1, 0.15) is 31.2 Å². The summed E-state index contributed by atoms with van der Waals surface area (Å²) < 4.78 is 35.4. The molecule has 1 fully saturated rings. The van der Waals surface area contributed by atoms with Gasteiger partial charge < -0.3 is 40.4 Å². The molecule has 1 saturated heterocycles. The van der Waals surface area contributed by atoms with Crippen molar-refractivity contribution in [3.63, 3.8) is 0 Å². The molecule has 0 amide bonds. The second kappa shape index (κ2) is 16.0. The van der Waals surface area contributed by atoms with Gasteiger partial charge in [0.05, 0.1) is 18.8 Å². The molecule has 0 saturated carbocycles. The highest BCUT2D eigenvalue weighted by molar-refractivity contribution is 5.77. The number of carboxylic acid groups (broad SMARTS) is 1. The number of rotatable bonds is 16. The lowest BCUT2D eigenvalue weighted by atomic mass is 10.1. The van der Waals surface area contributed by atoms with Crippen molar-refractivity contribution in [1.29, 1.82) is 5.26 Å². The van der Waals surface area contributed by atoms with Gasteiger partial charge in [0, 0.05) is 37.9 Å². The van der Waals surface area contributed by atoms with Crippen LogP contribution in [0.2, 0.25) is 0 Å². The fourth-order valence-corrected chi connectivity index (χ4v) is 3.58. The molecule has 2 aromatic heterocycles. The predicted octanol–water partition coefficient (Wildman–Crippen LogP) is 2.11. The number of carbonyl (C=O) groups excluding carboxylic acids is 1. The van der Waals surface area contributed by atoms with Crippen LogP contribution in [0.4, 0.5) is 27.6 Å². The smallest absolute Gasteiger partial charge is 0.323 e. The van der Waals surface area contributed by atoms with Crippen LogP contribution in [0.25, 0.3) is 0 Å². The molecule has 3 heterocycles. The number of carboxylic acids is 1. The SMILES string of the molecule is N#Cc1ccc(Nc2nc(NC3CCOCC3)c(OCCOCCOC(=O)[C@@H](N)CCC(=O)O)cc2NF)nc1. The maximum atomic E-state index is 13.7. The zero-order chi connectivity index (χ0) is 28.7. The molecule has 216 valence electrons. The molecule has 3 rings (SSSR count). The molecule has 0 spiro atoms. The molecule has 40 heavy (non-hydrogen) atoms. The third kappa shape index (κ3) is 9.80. The number of pyridine rings is 2. The molecular formula is C25H32FN7O7. The van der Waals surface area contributed by atoms with E-state index >= 15 is 0 Å². The third-order valence-corrected chi connectivity index (χ3v) is 5.72. The molecule has 1 aliphatic rings. The first-order valence-corrected chi connectivity index (χ1v) is 12.6. The number of aromatic nitrogens is 2. The zero-order valence-electron chi connectivity index (χ0n) is 21.7. The molecule has 14 nitrogen and oxygen atoms in total. The Hall–Kier alpha value is -4.26. The Morgan fingerprint density at radius 2 is 2.00 bits per heavy atom. The van der Waals surface area contributed by atoms with E-state index in [1.54, 1.807) is 17.7 Å². The molecule has 15 heteroatoms. The van der Waals surface area contributed by atoms with Crippen LogP contribution in [-0.4, -0.2) is 78.7 Å². The number of nitriles is 1. The first-order valence-electron chi connectivity index (χ1n) is 12.6. The number of nitrogens with one attached hydrogen (secondary N) is 3. The van der Waals surface area contributed by atoms with Crippen molar-refractivity contribution in [3.05, 3.63) is 30.0 Å². The Morgan fingerprint density at radius 3 is 2.67 bits per heavy atom. The number of esters is 1. The summed E-state index contributed by atoms with van der Waals surface area (Å²) in [7, 11) is 0. The fraction of sp³-hybridized carbons (Fsp3) is 0.480. The number of hydrogen-bond acceptors (Lipinski definition) is 13. The molecule has 0 aromatic carbocycles. The summed E-state index contributed by atoms with van der Waals surface area (Å²) >= 11 is 0. The van der Waals surface area contributed by atoms with Gasteiger partial charge in [-0.1, -0.05) is 0 Å². The van der Waals surface area contributed by atoms with E-state index in [-0.39, 0.29) is 62.6 Å². The van der Waals surface area contributed by atoms with Crippen LogP contribution >= 0.6 is 0 Å². The first-order chi connectivity index (χ1) is 19.4. The lowest BCUT2D eigenvalue weighted by Gasteiger charge is -2.25. The molecule has 0 aliphatic carbocycles. The number of aliphatic carboxylic acids is 1. The van der Waals surface area contributed by atoms with Gasteiger partial charge >= 0.3 is 11.9 Å². The van der Waals surface area contributed by atoms with E-state index in [2.05, 4.69) is 20.6 Å². The summed E-state index contributed by atoms with van der Waals surface area (Å²) in [6.07, 6.45) is 2.65. The number of halogens is 1. The van der Waals surface area contributed by atoms with E-state index in [0.717, 1.165) is 12.8 Å². The predicted molar refractivity (Wildman–Crippen MR) is 141 cm³/mol. The van der Waals surface area contributed by atoms with Crippen LogP contribution in [-0.2, 0) is 23.8 Å². The highest BCUT2D eigenvalue weighted by Crippen LogP contribution is 2.34. The van der Waals surface area contributed by atoms with Gasteiger partial charge in [-0.05, 0) is 31.4 Å². The second-order valence-electron chi connectivity index (χ2n) is 8.69. The van der Waals surface area contributed by atoms with Crippen molar-refractivity contribution in [2.75, 3.05) is 55.8 Å². The summed E-state index contributed by atoms with van der Waals surface area (Å²) in [6, 6.07) is 5.64. The van der Waals surface area contributed by atoms with Crippen molar-refractivity contribution in [1.82, 2.24) is 9.97 Å². The fourth-order valence-electron chi connectivity index (χ4n) is 3.58. The van der Waals surface area contributed by atoms with Gasteiger partial charge in [-0.25, -0.2) is 15.5 Å². The minimum atomic E-state index is -1.04. The van der Waals surface area contributed by atoms with Gasteiger partial charge in [-0.15, -0.1) is 4.48 Å². The Balaban J connectivity index is 1.57. The van der Waals surface area contributed by atoms with Crippen LogP contribution in [0, 0.1) is 11.3 Å². The maximum Gasteiger partial charge on any atom is 0.323 e. The van der Waals surface area contributed by atoms with Crippen LogP contribution in [0.3, 0.4) is 0 Å². The largest absolute Gasteiger partial charge is 0.487 e. The van der Waals surface area contributed by atoms with E-state index in [4.69, 9.17) is 35.0 Å². The molecule has 0 unspecified atom stereocenters. The summed E-state index contributed by atoms with van der Waals surface area (Å²) in [6.45, 7) is 1.43. The lowest BCUT2D eigenvalue weighted by Crippen LogP contribution is -2.33. The second-order valence-corrected chi connectivity index (χ2v) is 8.69. The first kappa shape index (κ1) is 30.3. The minimum absolute atomic E-state index is 0.00533. The number of anilines is 4. The Morgan fingerprint density at radius 1 is 1.23 bits per heavy atom. The summed E-state index contributed by atoms with van der Waals surface area (Å²) in [4.78, 5) is 31.0. The van der Waals surface area contributed by atoms with Crippen LogP contribution in [0.15, 0.2) is 24.4 Å². The maximum absolute atomic E-state index is 13.7. The molecule has 2 aromatic rings. The van der Waals surface area contributed by atoms with E-state index in [0.29, 0.717) is 30.4 Å². The molecule has 6 N–H and O–H groups in total. The molecule has 1 atom stereocenters. The molecule has 0 bridgehead atoms. The van der Waals surface area contributed by atoms with Crippen LogP contribution in [0.5, 0.6) is 5.75 Å². The highest BCUT2D eigenvalue weighted by atomic mass is 19.2. The van der Waals surface area contributed by atoms with Crippen molar-refractivity contribution in [3.8, 4) is 11.8 Å². The summed E-state index contributed by atoms with van der Waals surface area (Å²) in [5, 5.41) is 23.9. The lowest BCUT2D eigenvalue weighted by molar-refractivity contribution is -0.147. The normalized spacial score (nSPS) is 14.0. The standard InChI is InChI=1S/C25H32FN7O7/c26-33-19-13-20(39-11-9-38-10-12-40-25(36)18(28)2-4-22(34)35)24(30-17-5-7-37-8-6-17)32-23(19)31-21-3-1-16(14-27)15-29-21/h1,3,13,15,17-18,33H,2,4-12,28H2,(H,34,35)(H2,29,30,31,32)/t18-/m0/s1. The third-order valence-electron chi connectivity index (χ3n) is 5.72. The van der Waals surface area contributed by atoms with Crippen molar-refractivity contribution < 1.29 is 38.1 Å². The monoisotopic (exact) mass is 561 g/mol. The summed E-state index contributed by atoms with van der Waals surface area (Å²) in [5.41, 5.74) is 7.59. The summed E-state index contributed by atoms with van der Waals surface area (Å²) in [5.74, 6) is -0.564. The zero-order valence-corrected chi connectivity index (χ0v) is 21.7. The van der Waals surface area contributed by atoms with Gasteiger partial charge in [0.25, 0.3) is 0 Å². The highest BCUT2D eigenvalue weighted by Gasteiger charge is 2.20. The van der Waals surface area contributed by atoms with Gasteiger partial charge in [0.1, 0.15) is 36.8 Å². The topological polar surface area (TPSA) is 203 Å².